The third-order valence-corrected chi connectivity index (χ3v) is 3.89. The Labute approximate surface area is 152 Å². The predicted octanol–water partition coefficient (Wildman–Crippen LogP) is 4.38. The quantitative estimate of drug-likeness (QED) is 0.650. The van der Waals surface area contributed by atoms with Crippen LogP contribution in [0.3, 0.4) is 0 Å². The van der Waals surface area contributed by atoms with Crippen LogP contribution in [-0.4, -0.2) is 21.2 Å². The molecule has 3 rings (SSSR count). The van der Waals surface area contributed by atoms with Gasteiger partial charge < -0.3 is 10.4 Å². The second-order valence-electron chi connectivity index (χ2n) is 5.96. The minimum absolute atomic E-state index is 0. The molecule has 0 aliphatic carbocycles. The summed E-state index contributed by atoms with van der Waals surface area (Å²) in [4.78, 5) is 12.4. The zero-order valence-electron chi connectivity index (χ0n) is 14.3. The normalized spacial score (nSPS) is 10.2. The summed E-state index contributed by atoms with van der Waals surface area (Å²) in [7, 11) is 0. The van der Waals surface area contributed by atoms with Crippen molar-refractivity contribution in [1.82, 2.24) is 10.2 Å². The van der Waals surface area contributed by atoms with Gasteiger partial charge in [0.2, 0.25) is 0 Å². The lowest BCUT2D eigenvalue weighted by molar-refractivity contribution is 0.102. The number of phenols is 1. The van der Waals surface area contributed by atoms with Gasteiger partial charge >= 0.3 is 0 Å². The largest absolute Gasteiger partial charge is 0.507 e. The number of aromatic hydroxyl groups is 1. The molecular formula is C19H20ClN3O2. The Morgan fingerprint density at radius 3 is 2.48 bits per heavy atom. The molecule has 0 saturated carbocycles. The molecule has 0 radical (unpaired) electrons. The van der Waals surface area contributed by atoms with E-state index in [1.54, 1.807) is 12.1 Å². The third-order valence-electron chi connectivity index (χ3n) is 3.89. The standard InChI is InChI=1S/C19H19N3O2.ClH/c1-11-5-7-18(23)14(8-11)16-10-17(22-21-16)19(24)20-15-9-12(2)4-6-13(15)3;/h4-10,23H,1-3H3,(H,20,24)(H,21,22);1H. The van der Waals surface area contributed by atoms with Gasteiger partial charge in [0.25, 0.3) is 5.91 Å². The van der Waals surface area contributed by atoms with Crippen molar-refractivity contribution in [2.24, 2.45) is 0 Å². The SMILES string of the molecule is Cc1ccc(C)c(NC(=O)c2cc(-c3cc(C)ccc3O)n[nH]2)c1.Cl. The molecule has 2 aromatic carbocycles. The van der Waals surface area contributed by atoms with Gasteiger partial charge in [-0.25, -0.2) is 0 Å². The number of aromatic amines is 1. The fraction of sp³-hybridized carbons (Fsp3) is 0.158. The molecule has 1 amide bonds. The van der Waals surface area contributed by atoms with Crippen molar-refractivity contribution in [1.29, 1.82) is 0 Å². The molecule has 5 nitrogen and oxygen atoms in total. The van der Waals surface area contributed by atoms with Crippen LogP contribution >= 0.6 is 12.4 Å². The summed E-state index contributed by atoms with van der Waals surface area (Å²) in [5.74, 6) is -0.136. The fourth-order valence-corrected chi connectivity index (χ4v) is 2.49. The molecule has 0 spiro atoms. The van der Waals surface area contributed by atoms with Crippen LogP contribution in [0.25, 0.3) is 11.3 Å². The topological polar surface area (TPSA) is 78.0 Å². The number of hydrogen-bond donors (Lipinski definition) is 3. The highest BCUT2D eigenvalue weighted by Crippen LogP contribution is 2.29. The number of amides is 1. The van der Waals surface area contributed by atoms with Gasteiger partial charge in [0.15, 0.2) is 0 Å². The fourth-order valence-electron chi connectivity index (χ4n) is 2.49. The minimum Gasteiger partial charge on any atom is -0.507 e. The molecule has 130 valence electrons. The van der Waals surface area contributed by atoms with Crippen molar-refractivity contribution >= 4 is 24.0 Å². The Morgan fingerprint density at radius 1 is 1.04 bits per heavy atom. The summed E-state index contributed by atoms with van der Waals surface area (Å²) < 4.78 is 0. The van der Waals surface area contributed by atoms with Crippen LogP contribution in [0, 0.1) is 20.8 Å². The van der Waals surface area contributed by atoms with Crippen LogP contribution in [-0.2, 0) is 0 Å². The van der Waals surface area contributed by atoms with Crippen molar-refractivity contribution in [3.8, 4) is 17.0 Å². The lowest BCUT2D eigenvalue weighted by atomic mass is 10.1. The van der Waals surface area contributed by atoms with E-state index in [-0.39, 0.29) is 24.1 Å². The Bertz CT molecular complexity index is 919. The van der Waals surface area contributed by atoms with E-state index < -0.39 is 0 Å². The summed E-state index contributed by atoms with van der Waals surface area (Å²) in [6, 6.07) is 12.8. The van der Waals surface area contributed by atoms with E-state index in [0.29, 0.717) is 17.0 Å². The highest BCUT2D eigenvalue weighted by molar-refractivity contribution is 6.04. The number of benzene rings is 2. The van der Waals surface area contributed by atoms with E-state index in [0.717, 1.165) is 22.4 Å². The van der Waals surface area contributed by atoms with Gasteiger partial charge in [-0.05, 0) is 56.2 Å². The average Bonchev–Trinajstić information content (AvgIpc) is 3.03. The number of aromatic nitrogens is 2. The van der Waals surface area contributed by atoms with E-state index in [4.69, 9.17) is 0 Å². The summed E-state index contributed by atoms with van der Waals surface area (Å²) in [5, 5.41) is 19.7. The highest BCUT2D eigenvalue weighted by Gasteiger charge is 2.14. The predicted molar refractivity (Wildman–Crippen MR) is 102 cm³/mol. The first-order valence-electron chi connectivity index (χ1n) is 7.68. The summed E-state index contributed by atoms with van der Waals surface area (Å²) in [6.45, 7) is 5.85. The lowest BCUT2D eigenvalue weighted by Gasteiger charge is -2.08. The lowest BCUT2D eigenvalue weighted by Crippen LogP contribution is -2.13. The van der Waals surface area contributed by atoms with Crippen molar-refractivity contribution in [2.75, 3.05) is 5.32 Å². The van der Waals surface area contributed by atoms with Gasteiger partial charge in [-0.2, -0.15) is 5.10 Å². The molecular weight excluding hydrogens is 338 g/mol. The molecule has 0 fully saturated rings. The highest BCUT2D eigenvalue weighted by atomic mass is 35.5. The smallest absolute Gasteiger partial charge is 0.273 e. The first-order valence-corrected chi connectivity index (χ1v) is 7.68. The molecule has 25 heavy (non-hydrogen) atoms. The minimum atomic E-state index is -0.269. The molecule has 1 heterocycles. The van der Waals surface area contributed by atoms with Gasteiger partial charge in [-0.1, -0.05) is 23.8 Å². The summed E-state index contributed by atoms with van der Waals surface area (Å²) >= 11 is 0. The zero-order chi connectivity index (χ0) is 17.3. The number of carbonyl (C=O) groups is 1. The van der Waals surface area contributed by atoms with Crippen molar-refractivity contribution < 1.29 is 9.90 Å². The van der Waals surface area contributed by atoms with E-state index in [1.807, 2.05) is 51.1 Å². The number of anilines is 1. The Hall–Kier alpha value is -2.79. The maximum atomic E-state index is 12.4. The van der Waals surface area contributed by atoms with Crippen LogP contribution in [0.15, 0.2) is 42.5 Å². The molecule has 1 aromatic heterocycles. The number of carbonyl (C=O) groups excluding carboxylic acids is 1. The zero-order valence-corrected chi connectivity index (χ0v) is 15.1. The molecule has 0 saturated heterocycles. The Balaban J connectivity index is 0.00000225. The Kier molecular flexibility index (Phi) is 5.49. The number of hydrogen-bond acceptors (Lipinski definition) is 3. The van der Waals surface area contributed by atoms with Gasteiger partial charge in [-0.3, -0.25) is 9.89 Å². The average molecular weight is 358 g/mol. The maximum Gasteiger partial charge on any atom is 0.273 e. The van der Waals surface area contributed by atoms with Crippen LogP contribution in [0.1, 0.15) is 27.2 Å². The number of aryl methyl sites for hydroxylation is 3. The molecule has 3 aromatic rings. The maximum absolute atomic E-state index is 12.4. The number of halogens is 1. The number of nitrogens with zero attached hydrogens (tertiary/aromatic N) is 1. The monoisotopic (exact) mass is 357 g/mol. The molecule has 3 N–H and O–H groups in total. The molecule has 0 atom stereocenters. The van der Waals surface area contributed by atoms with Gasteiger partial charge in [-0.15, -0.1) is 12.4 Å². The van der Waals surface area contributed by atoms with Gasteiger partial charge in [0, 0.05) is 11.3 Å². The first-order chi connectivity index (χ1) is 11.4. The molecule has 6 heteroatoms. The molecule has 0 aliphatic rings. The van der Waals surface area contributed by atoms with Gasteiger partial charge in [0.05, 0.1) is 5.69 Å². The van der Waals surface area contributed by atoms with E-state index >= 15 is 0 Å². The van der Waals surface area contributed by atoms with Crippen LogP contribution in [0.4, 0.5) is 5.69 Å². The van der Waals surface area contributed by atoms with Crippen molar-refractivity contribution in [2.45, 2.75) is 20.8 Å². The van der Waals surface area contributed by atoms with Crippen LogP contribution in [0.5, 0.6) is 5.75 Å². The second kappa shape index (κ2) is 7.40. The number of phenolic OH excluding ortho intramolecular Hbond substituents is 1. The Morgan fingerprint density at radius 2 is 1.72 bits per heavy atom. The van der Waals surface area contributed by atoms with Crippen molar-refractivity contribution in [3.05, 3.63) is 64.8 Å². The van der Waals surface area contributed by atoms with Crippen LogP contribution < -0.4 is 5.32 Å². The summed E-state index contributed by atoms with van der Waals surface area (Å²) in [6.07, 6.45) is 0. The summed E-state index contributed by atoms with van der Waals surface area (Å²) in [5.41, 5.74) is 5.31. The van der Waals surface area contributed by atoms with Gasteiger partial charge in [0.1, 0.15) is 11.4 Å². The van der Waals surface area contributed by atoms with E-state index in [1.165, 1.54) is 0 Å². The second-order valence-corrected chi connectivity index (χ2v) is 5.96. The third kappa shape index (κ3) is 4.00. The van der Waals surface area contributed by atoms with E-state index in [9.17, 15) is 9.90 Å². The molecule has 0 bridgehead atoms. The molecule has 0 aliphatic heterocycles. The number of nitrogens with one attached hydrogen (secondary N) is 2. The molecule has 0 unspecified atom stereocenters. The van der Waals surface area contributed by atoms with E-state index in [2.05, 4.69) is 15.5 Å². The number of H-pyrrole nitrogens is 1. The first kappa shape index (κ1) is 18.5. The number of rotatable bonds is 3. The van der Waals surface area contributed by atoms with Crippen molar-refractivity contribution in [3.63, 3.8) is 0 Å². The van der Waals surface area contributed by atoms with Crippen LogP contribution in [0.2, 0.25) is 0 Å².